The number of benzene rings is 1. The third kappa shape index (κ3) is 4.69. The summed E-state index contributed by atoms with van der Waals surface area (Å²) in [6.07, 6.45) is 0.521. The van der Waals surface area contributed by atoms with Gasteiger partial charge in [-0.15, -0.1) is 0 Å². The monoisotopic (exact) mass is 385 g/mol. The molecule has 2 rings (SSSR count). The van der Waals surface area contributed by atoms with Crippen molar-refractivity contribution in [1.82, 2.24) is 15.3 Å². The third-order valence-corrected chi connectivity index (χ3v) is 4.62. The molecule has 2 aromatic rings. The Morgan fingerprint density at radius 2 is 2.00 bits per heavy atom. The first-order valence-electron chi connectivity index (χ1n) is 7.34. The zero-order valence-corrected chi connectivity index (χ0v) is 15.5. The summed E-state index contributed by atoms with van der Waals surface area (Å²) in [5.74, 6) is -0.158. The summed E-state index contributed by atoms with van der Waals surface area (Å²) >= 11 is 16.8. The minimum Gasteiger partial charge on any atom is -0.350 e. The lowest BCUT2D eigenvalue weighted by atomic mass is 10.1. The molecule has 0 aliphatic carbocycles. The maximum Gasteiger partial charge on any atom is 0.255 e. The van der Waals surface area contributed by atoms with Crippen LogP contribution in [0.1, 0.15) is 36.2 Å². The number of rotatable bonds is 5. The Morgan fingerprint density at radius 3 is 2.62 bits per heavy atom. The number of hydrogen-bond acceptors (Lipinski definition) is 3. The molecule has 0 saturated heterocycles. The van der Waals surface area contributed by atoms with E-state index in [1.165, 1.54) is 0 Å². The van der Waals surface area contributed by atoms with E-state index in [1.54, 1.807) is 19.1 Å². The van der Waals surface area contributed by atoms with Gasteiger partial charge in [0.2, 0.25) is 5.91 Å². The summed E-state index contributed by atoms with van der Waals surface area (Å²) < 4.78 is 0.277. The lowest BCUT2D eigenvalue weighted by Gasteiger charge is -2.15. The fraction of sp³-hybridized carbons (Fsp3) is 0.312. The Bertz CT molecular complexity index is 876. The van der Waals surface area contributed by atoms with Gasteiger partial charge < -0.3 is 10.3 Å². The van der Waals surface area contributed by atoms with Gasteiger partial charge in [-0.3, -0.25) is 14.6 Å². The minimum atomic E-state index is -0.262. The quantitative estimate of drug-likeness (QED) is 0.683. The number of hydrogen-bond donors (Lipinski definition) is 3. The van der Waals surface area contributed by atoms with Crippen molar-refractivity contribution in [2.75, 3.05) is 0 Å². The summed E-state index contributed by atoms with van der Waals surface area (Å²) in [5.41, 5.74) is 1.80. The summed E-state index contributed by atoms with van der Waals surface area (Å²) in [7, 11) is 0. The van der Waals surface area contributed by atoms with Crippen LogP contribution in [0.4, 0.5) is 0 Å². The SMILES string of the molecule is Cc1[nH]c(=S)[nH]c(=O)c1CCC(=O)N[C@H](C)c1ccc(Cl)c(Cl)c1. The molecule has 1 aromatic carbocycles. The van der Waals surface area contributed by atoms with Crippen LogP contribution in [0, 0.1) is 11.7 Å². The zero-order chi connectivity index (χ0) is 17.9. The molecule has 0 aliphatic rings. The van der Waals surface area contributed by atoms with Crippen LogP contribution in [-0.2, 0) is 11.2 Å². The summed E-state index contributed by atoms with van der Waals surface area (Å²) in [4.78, 5) is 29.4. The van der Waals surface area contributed by atoms with Gasteiger partial charge in [-0.2, -0.15) is 0 Å². The van der Waals surface area contributed by atoms with E-state index >= 15 is 0 Å². The molecule has 3 N–H and O–H groups in total. The van der Waals surface area contributed by atoms with Crippen molar-refractivity contribution in [2.24, 2.45) is 0 Å². The second-order valence-corrected chi connectivity index (χ2v) is 6.70. The second kappa shape index (κ2) is 7.96. The summed E-state index contributed by atoms with van der Waals surface area (Å²) in [5, 5.41) is 3.79. The van der Waals surface area contributed by atoms with Crippen molar-refractivity contribution in [1.29, 1.82) is 0 Å². The van der Waals surface area contributed by atoms with Crippen LogP contribution in [0.15, 0.2) is 23.0 Å². The van der Waals surface area contributed by atoms with Crippen molar-refractivity contribution in [3.05, 3.63) is 60.2 Å². The zero-order valence-electron chi connectivity index (χ0n) is 13.2. The van der Waals surface area contributed by atoms with Crippen LogP contribution >= 0.6 is 35.4 Å². The second-order valence-electron chi connectivity index (χ2n) is 5.47. The molecule has 0 fully saturated rings. The maximum atomic E-state index is 12.1. The molecule has 0 radical (unpaired) electrons. The van der Waals surface area contributed by atoms with Gasteiger partial charge in [-0.05, 0) is 50.2 Å². The van der Waals surface area contributed by atoms with E-state index in [0.717, 1.165) is 5.56 Å². The van der Waals surface area contributed by atoms with Crippen molar-refractivity contribution in [3.8, 4) is 0 Å². The number of carbonyl (C=O) groups is 1. The molecule has 128 valence electrons. The van der Waals surface area contributed by atoms with E-state index in [1.807, 2.05) is 13.0 Å². The van der Waals surface area contributed by atoms with E-state index in [9.17, 15) is 9.59 Å². The van der Waals surface area contributed by atoms with Crippen LogP contribution in [0.2, 0.25) is 10.0 Å². The summed E-state index contributed by atoms with van der Waals surface area (Å²) in [6.45, 7) is 3.62. The molecule has 0 spiro atoms. The molecule has 5 nitrogen and oxygen atoms in total. The lowest BCUT2D eigenvalue weighted by Crippen LogP contribution is -2.28. The first kappa shape index (κ1) is 18.7. The minimum absolute atomic E-state index is 0.158. The molecule has 1 heterocycles. The Balaban J connectivity index is 1.99. The van der Waals surface area contributed by atoms with Gasteiger partial charge >= 0.3 is 0 Å². The normalized spacial score (nSPS) is 12.0. The van der Waals surface area contributed by atoms with Crippen LogP contribution in [0.3, 0.4) is 0 Å². The number of carbonyl (C=O) groups excluding carboxylic acids is 1. The van der Waals surface area contributed by atoms with Crippen molar-refractivity contribution >= 4 is 41.3 Å². The Kier molecular flexibility index (Phi) is 6.21. The van der Waals surface area contributed by atoms with E-state index in [0.29, 0.717) is 27.7 Å². The summed E-state index contributed by atoms with van der Waals surface area (Å²) in [6, 6.07) is 5.01. The Labute approximate surface area is 154 Å². The van der Waals surface area contributed by atoms with Crippen molar-refractivity contribution < 1.29 is 4.79 Å². The van der Waals surface area contributed by atoms with E-state index < -0.39 is 0 Å². The molecule has 1 atom stereocenters. The molecule has 1 aromatic heterocycles. The standard InChI is InChI=1S/C16H17Cl2N3O2S/c1-8(10-3-5-12(17)13(18)7-10)19-14(22)6-4-11-9(2)20-16(24)21-15(11)23/h3,5,7-8H,4,6H2,1-2H3,(H,19,22)(H2,20,21,23,24)/t8-/m1/s1. The van der Waals surface area contributed by atoms with Gasteiger partial charge in [0.1, 0.15) is 0 Å². The van der Waals surface area contributed by atoms with Crippen molar-refractivity contribution in [3.63, 3.8) is 0 Å². The number of aromatic nitrogens is 2. The largest absolute Gasteiger partial charge is 0.350 e. The topological polar surface area (TPSA) is 77.8 Å². The first-order valence-corrected chi connectivity index (χ1v) is 8.50. The smallest absolute Gasteiger partial charge is 0.255 e. The lowest BCUT2D eigenvalue weighted by molar-refractivity contribution is -0.121. The number of aromatic amines is 2. The Morgan fingerprint density at radius 1 is 1.29 bits per heavy atom. The number of nitrogens with one attached hydrogen (secondary N) is 3. The molecular formula is C16H17Cl2N3O2S. The average Bonchev–Trinajstić information content (AvgIpc) is 2.48. The van der Waals surface area contributed by atoms with Gasteiger partial charge in [-0.25, -0.2) is 0 Å². The third-order valence-electron chi connectivity index (χ3n) is 3.68. The molecule has 0 aliphatic heterocycles. The highest BCUT2D eigenvalue weighted by Gasteiger charge is 2.13. The molecule has 0 saturated carbocycles. The van der Waals surface area contributed by atoms with E-state index in [2.05, 4.69) is 15.3 Å². The number of aryl methyl sites for hydroxylation is 1. The fourth-order valence-corrected chi connectivity index (χ4v) is 2.90. The highest BCUT2D eigenvalue weighted by molar-refractivity contribution is 7.71. The molecule has 24 heavy (non-hydrogen) atoms. The van der Waals surface area contributed by atoms with Gasteiger partial charge in [0.25, 0.3) is 5.56 Å². The number of halogens is 2. The van der Waals surface area contributed by atoms with E-state index in [4.69, 9.17) is 35.4 Å². The maximum absolute atomic E-state index is 12.1. The molecular weight excluding hydrogens is 369 g/mol. The van der Waals surface area contributed by atoms with Crippen LogP contribution < -0.4 is 10.9 Å². The van der Waals surface area contributed by atoms with Gasteiger partial charge in [0, 0.05) is 17.7 Å². The predicted molar refractivity (Wildman–Crippen MR) is 98.3 cm³/mol. The number of H-pyrrole nitrogens is 2. The van der Waals surface area contributed by atoms with Crippen LogP contribution in [0.5, 0.6) is 0 Å². The Hall–Kier alpha value is -1.63. The van der Waals surface area contributed by atoms with Crippen LogP contribution in [0.25, 0.3) is 0 Å². The van der Waals surface area contributed by atoms with Gasteiger partial charge in [-0.1, -0.05) is 29.3 Å². The fourth-order valence-electron chi connectivity index (χ4n) is 2.34. The highest BCUT2D eigenvalue weighted by atomic mass is 35.5. The van der Waals surface area contributed by atoms with Gasteiger partial charge in [0.05, 0.1) is 16.1 Å². The van der Waals surface area contributed by atoms with Gasteiger partial charge in [0.15, 0.2) is 4.77 Å². The van der Waals surface area contributed by atoms with E-state index in [-0.39, 0.29) is 28.7 Å². The van der Waals surface area contributed by atoms with Crippen molar-refractivity contribution in [2.45, 2.75) is 32.7 Å². The first-order chi connectivity index (χ1) is 11.3. The van der Waals surface area contributed by atoms with Crippen LogP contribution in [-0.4, -0.2) is 15.9 Å². The molecule has 0 unspecified atom stereocenters. The number of amides is 1. The molecule has 0 bridgehead atoms. The highest BCUT2D eigenvalue weighted by Crippen LogP contribution is 2.25. The predicted octanol–water partition coefficient (Wildman–Crippen LogP) is 3.86. The molecule has 8 heteroatoms. The average molecular weight is 386 g/mol. The molecule has 1 amide bonds.